The maximum atomic E-state index is 13.3. The van der Waals surface area contributed by atoms with Crippen molar-refractivity contribution in [3.63, 3.8) is 0 Å². The van der Waals surface area contributed by atoms with E-state index >= 15 is 0 Å². The van der Waals surface area contributed by atoms with E-state index in [0.717, 1.165) is 30.7 Å². The van der Waals surface area contributed by atoms with Crippen LogP contribution in [0.15, 0.2) is 48.7 Å². The first-order valence-corrected chi connectivity index (χ1v) is 10.4. The van der Waals surface area contributed by atoms with E-state index in [-0.39, 0.29) is 23.9 Å². The number of rotatable bonds is 9. The highest BCUT2D eigenvalue weighted by atomic mass is 19.4. The fourth-order valence-electron chi connectivity index (χ4n) is 3.09. The van der Waals surface area contributed by atoms with Gasteiger partial charge in [-0.2, -0.15) is 13.2 Å². The quantitative estimate of drug-likeness (QED) is 0.240. The van der Waals surface area contributed by atoms with Crippen molar-refractivity contribution >= 4 is 0 Å². The third-order valence-corrected chi connectivity index (χ3v) is 4.65. The molecule has 11 heteroatoms. The molecule has 0 unspecified atom stereocenters. The van der Waals surface area contributed by atoms with Gasteiger partial charge in [0.1, 0.15) is 17.2 Å². The van der Waals surface area contributed by atoms with Gasteiger partial charge >= 0.3 is 12.5 Å². The summed E-state index contributed by atoms with van der Waals surface area (Å²) in [5, 5.41) is 4.31. The van der Waals surface area contributed by atoms with E-state index in [2.05, 4.69) is 9.84 Å². The topological polar surface area (TPSA) is 45.5 Å². The van der Waals surface area contributed by atoms with Crippen molar-refractivity contribution in [2.75, 3.05) is 13.2 Å². The van der Waals surface area contributed by atoms with Gasteiger partial charge in [-0.05, 0) is 49.2 Å². The van der Waals surface area contributed by atoms with Crippen LogP contribution in [0.2, 0.25) is 0 Å². The molecule has 0 radical (unpaired) electrons. The number of hydrogen-bond donors (Lipinski definition) is 0. The van der Waals surface area contributed by atoms with Crippen LogP contribution in [0.4, 0.5) is 26.3 Å². The first-order chi connectivity index (χ1) is 16.0. The van der Waals surface area contributed by atoms with Crippen molar-refractivity contribution in [1.82, 2.24) is 9.78 Å². The number of aromatic nitrogens is 2. The van der Waals surface area contributed by atoms with Crippen LogP contribution in [-0.4, -0.2) is 29.4 Å². The normalized spacial score (nSPS) is 12.0. The van der Waals surface area contributed by atoms with E-state index in [1.807, 2.05) is 6.92 Å². The first kappa shape index (κ1) is 25.3. The number of nitrogens with zero attached hydrogens (tertiary/aromatic N) is 2. The molecule has 0 bridgehead atoms. The van der Waals surface area contributed by atoms with Crippen LogP contribution in [0, 0.1) is 0 Å². The van der Waals surface area contributed by atoms with E-state index in [1.165, 1.54) is 29.1 Å². The Labute approximate surface area is 191 Å². The highest BCUT2D eigenvalue weighted by Crippen LogP contribution is 2.37. The zero-order valence-electron chi connectivity index (χ0n) is 18.3. The van der Waals surface area contributed by atoms with Crippen LogP contribution in [0.3, 0.4) is 0 Å². The SMILES string of the molecule is CCCCOc1nn(-c2cc(C(F)(F)F)ccc2OCC)cc1-c1ccc(OC(F)(F)F)cc1. The summed E-state index contributed by atoms with van der Waals surface area (Å²) in [5.41, 5.74) is -0.0165. The van der Waals surface area contributed by atoms with Crippen LogP contribution in [0.1, 0.15) is 32.3 Å². The molecule has 0 amide bonds. The van der Waals surface area contributed by atoms with Gasteiger partial charge in [-0.3, -0.25) is 0 Å². The zero-order chi connectivity index (χ0) is 24.9. The van der Waals surface area contributed by atoms with Gasteiger partial charge in [0.05, 0.1) is 24.3 Å². The molecule has 3 rings (SSSR count). The molecule has 5 nitrogen and oxygen atoms in total. The molecule has 1 aromatic heterocycles. The molecule has 184 valence electrons. The summed E-state index contributed by atoms with van der Waals surface area (Å²) in [6, 6.07) is 8.06. The van der Waals surface area contributed by atoms with Crippen molar-refractivity contribution in [2.45, 2.75) is 39.2 Å². The molecule has 1 heterocycles. The maximum Gasteiger partial charge on any atom is 0.573 e. The lowest BCUT2D eigenvalue weighted by atomic mass is 10.1. The summed E-state index contributed by atoms with van der Waals surface area (Å²) in [5.74, 6) is -0.106. The fourth-order valence-corrected chi connectivity index (χ4v) is 3.09. The second-order valence-electron chi connectivity index (χ2n) is 7.18. The molecule has 0 saturated heterocycles. The summed E-state index contributed by atoms with van der Waals surface area (Å²) in [6.07, 6.45) is -6.43. The van der Waals surface area contributed by atoms with Gasteiger partial charge in [-0.25, -0.2) is 4.68 Å². The Bertz CT molecular complexity index is 1090. The van der Waals surface area contributed by atoms with Gasteiger partial charge in [-0.1, -0.05) is 25.5 Å². The third kappa shape index (κ3) is 6.36. The predicted octanol–water partition coefficient (Wildman–Crippen LogP) is 7.03. The predicted molar refractivity (Wildman–Crippen MR) is 112 cm³/mol. The Balaban J connectivity index is 2.06. The van der Waals surface area contributed by atoms with E-state index in [1.54, 1.807) is 6.92 Å². The number of benzene rings is 2. The lowest BCUT2D eigenvalue weighted by Gasteiger charge is -2.13. The van der Waals surface area contributed by atoms with Crippen molar-refractivity contribution in [3.8, 4) is 34.2 Å². The average molecular weight is 488 g/mol. The van der Waals surface area contributed by atoms with E-state index < -0.39 is 23.9 Å². The Kier molecular flexibility index (Phi) is 7.63. The van der Waals surface area contributed by atoms with Gasteiger partial charge in [-0.15, -0.1) is 18.3 Å². The molecule has 0 aliphatic carbocycles. The van der Waals surface area contributed by atoms with Crippen molar-refractivity contribution in [2.24, 2.45) is 0 Å². The van der Waals surface area contributed by atoms with Crippen molar-refractivity contribution in [3.05, 3.63) is 54.2 Å². The molecule has 0 aliphatic heterocycles. The molecule has 0 N–H and O–H groups in total. The molecule has 0 fully saturated rings. The van der Waals surface area contributed by atoms with Gasteiger partial charge in [0.15, 0.2) is 0 Å². The Morgan fingerprint density at radius 3 is 2.21 bits per heavy atom. The first-order valence-electron chi connectivity index (χ1n) is 10.4. The van der Waals surface area contributed by atoms with Crippen LogP contribution in [0.5, 0.6) is 17.4 Å². The molecular weight excluding hydrogens is 466 g/mol. The van der Waals surface area contributed by atoms with E-state index in [4.69, 9.17) is 9.47 Å². The standard InChI is InChI=1S/C23H22F6N2O3/c1-3-5-12-33-21-18(15-6-9-17(10-7-15)34-23(27,28)29)14-31(30-21)19-13-16(22(24,25)26)8-11-20(19)32-4-2/h6-11,13-14H,3-5,12H2,1-2H3. The van der Waals surface area contributed by atoms with Gasteiger partial charge in [0.25, 0.3) is 0 Å². The largest absolute Gasteiger partial charge is 0.573 e. The highest BCUT2D eigenvalue weighted by Gasteiger charge is 2.32. The molecule has 0 saturated carbocycles. The van der Waals surface area contributed by atoms with Crippen LogP contribution in [-0.2, 0) is 6.18 Å². The summed E-state index contributed by atoms with van der Waals surface area (Å²) >= 11 is 0. The lowest BCUT2D eigenvalue weighted by molar-refractivity contribution is -0.274. The number of hydrogen-bond acceptors (Lipinski definition) is 4. The van der Waals surface area contributed by atoms with E-state index in [0.29, 0.717) is 24.2 Å². The summed E-state index contributed by atoms with van der Waals surface area (Å²) in [7, 11) is 0. The smallest absolute Gasteiger partial charge is 0.492 e. The average Bonchev–Trinajstić information content (AvgIpc) is 3.17. The minimum atomic E-state index is -4.83. The van der Waals surface area contributed by atoms with Gasteiger partial charge < -0.3 is 14.2 Å². The monoisotopic (exact) mass is 488 g/mol. The van der Waals surface area contributed by atoms with E-state index in [9.17, 15) is 26.3 Å². The maximum absolute atomic E-state index is 13.3. The second-order valence-corrected chi connectivity index (χ2v) is 7.18. The van der Waals surface area contributed by atoms with Crippen LogP contribution < -0.4 is 14.2 Å². The highest BCUT2D eigenvalue weighted by molar-refractivity contribution is 5.69. The van der Waals surface area contributed by atoms with Gasteiger partial charge in [0.2, 0.25) is 5.88 Å². The van der Waals surface area contributed by atoms with Crippen LogP contribution >= 0.6 is 0 Å². The van der Waals surface area contributed by atoms with Crippen LogP contribution in [0.25, 0.3) is 16.8 Å². The Morgan fingerprint density at radius 1 is 0.912 bits per heavy atom. The molecule has 0 aliphatic rings. The Hall–Kier alpha value is -3.37. The molecule has 34 heavy (non-hydrogen) atoms. The summed E-state index contributed by atoms with van der Waals surface area (Å²) in [6.45, 7) is 4.17. The second kappa shape index (κ2) is 10.3. The summed E-state index contributed by atoms with van der Waals surface area (Å²) in [4.78, 5) is 0. The number of alkyl halides is 6. The third-order valence-electron chi connectivity index (χ3n) is 4.65. The van der Waals surface area contributed by atoms with Crippen molar-refractivity contribution < 1.29 is 40.6 Å². The number of halogens is 6. The Morgan fingerprint density at radius 2 is 1.62 bits per heavy atom. The van der Waals surface area contributed by atoms with Crippen molar-refractivity contribution in [1.29, 1.82) is 0 Å². The fraction of sp³-hybridized carbons (Fsp3) is 0.348. The zero-order valence-corrected chi connectivity index (χ0v) is 18.3. The minimum absolute atomic E-state index is 0.0419. The molecule has 0 spiro atoms. The molecule has 2 aromatic carbocycles. The van der Waals surface area contributed by atoms with Gasteiger partial charge in [0, 0.05) is 6.20 Å². The summed E-state index contributed by atoms with van der Waals surface area (Å²) < 4.78 is 93.7. The molecular formula is C23H22F6N2O3. The number of ether oxygens (including phenoxy) is 3. The minimum Gasteiger partial charge on any atom is -0.492 e. The molecule has 0 atom stereocenters. The lowest BCUT2D eigenvalue weighted by Crippen LogP contribution is -2.16. The molecule has 3 aromatic rings. The number of unbranched alkanes of at least 4 members (excludes halogenated alkanes) is 1.